The van der Waals surface area contributed by atoms with Gasteiger partial charge in [-0.25, -0.2) is 4.39 Å². The van der Waals surface area contributed by atoms with Crippen molar-refractivity contribution in [3.05, 3.63) is 53.6 Å². The molecule has 90 valence electrons. The zero-order chi connectivity index (χ0) is 12.3. The highest BCUT2D eigenvalue weighted by Crippen LogP contribution is 2.09. The first-order valence-corrected chi connectivity index (χ1v) is 5.54. The number of aromatic nitrogens is 2. The molecule has 0 bridgehead atoms. The van der Waals surface area contributed by atoms with Crippen LogP contribution in [0.1, 0.15) is 11.3 Å². The van der Waals surface area contributed by atoms with Gasteiger partial charge in [0.05, 0.1) is 11.8 Å². The van der Waals surface area contributed by atoms with Crippen LogP contribution in [-0.4, -0.2) is 21.0 Å². The minimum absolute atomic E-state index is 0.271. The van der Waals surface area contributed by atoms with Crippen LogP contribution < -0.4 is 0 Å². The fourth-order valence-corrected chi connectivity index (χ4v) is 1.82. The van der Waals surface area contributed by atoms with Crippen molar-refractivity contribution < 1.29 is 9.50 Å². The Labute approximate surface area is 99.5 Å². The number of benzene rings is 1. The number of hydrogen-bond acceptors (Lipinski definition) is 2. The molecular formula is C13H15FN2O. The van der Waals surface area contributed by atoms with Gasteiger partial charge >= 0.3 is 0 Å². The van der Waals surface area contributed by atoms with Crippen LogP contribution in [0.4, 0.5) is 4.39 Å². The van der Waals surface area contributed by atoms with Gasteiger partial charge in [0, 0.05) is 19.7 Å². The zero-order valence-corrected chi connectivity index (χ0v) is 9.68. The second kappa shape index (κ2) is 5.10. The molecule has 2 rings (SSSR count). The van der Waals surface area contributed by atoms with E-state index in [-0.39, 0.29) is 5.82 Å². The molecule has 1 unspecified atom stereocenters. The molecule has 1 heterocycles. The maximum absolute atomic E-state index is 13.0. The number of nitrogens with zero attached hydrogens (tertiary/aromatic N) is 2. The highest BCUT2D eigenvalue weighted by atomic mass is 19.1. The summed E-state index contributed by atoms with van der Waals surface area (Å²) in [5.74, 6) is -0.271. The molecule has 1 aromatic heterocycles. The number of hydrogen-bond donors (Lipinski definition) is 1. The Morgan fingerprint density at radius 1 is 1.35 bits per heavy atom. The van der Waals surface area contributed by atoms with Gasteiger partial charge in [-0.2, -0.15) is 5.10 Å². The van der Waals surface area contributed by atoms with Crippen LogP contribution in [0.5, 0.6) is 0 Å². The highest BCUT2D eigenvalue weighted by Gasteiger charge is 2.09. The average Bonchev–Trinajstić information content (AvgIpc) is 2.63. The van der Waals surface area contributed by atoms with Crippen LogP contribution in [-0.2, 0) is 19.9 Å². The first-order chi connectivity index (χ1) is 8.13. The Bertz CT molecular complexity index is 496. The van der Waals surface area contributed by atoms with Crippen molar-refractivity contribution in [3.63, 3.8) is 0 Å². The molecule has 0 aliphatic heterocycles. The predicted octanol–water partition coefficient (Wildman–Crippen LogP) is 1.71. The molecule has 0 saturated carbocycles. The van der Waals surface area contributed by atoms with Crippen molar-refractivity contribution in [1.29, 1.82) is 0 Å². The lowest BCUT2D eigenvalue weighted by atomic mass is 10.0. The molecule has 1 N–H and O–H groups in total. The van der Waals surface area contributed by atoms with Gasteiger partial charge in [-0.3, -0.25) is 4.68 Å². The average molecular weight is 234 g/mol. The van der Waals surface area contributed by atoms with E-state index in [1.165, 1.54) is 12.1 Å². The fraction of sp³-hybridized carbons (Fsp3) is 0.308. The van der Waals surface area contributed by atoms with Crippen LogP contribution in [0.2, 0.25) is 0 Å². The summed E-state index contributed by atoms with van der Waals surface area (Å²) in [5.41, 5.74) is 1.64. The van der Waals surface area contributed by atoms with Crippen LogP contribution in [0, 0.1) is 5.82 Å². The SMILES string of the molecule is Cn1ccc(CC(O)Cc2cccc(F)c2)n1. The smallest absolute Gasteiger partial charge is 0.123 e. The molecular weight excluding hydrogens is 219 g/mol. The Morgan fingerprint density at radius 3 is 2.82 bits per heavy atom. The van der Waals surface area contributed by atoms with E-state index < -0.39 is 6.10 Å². The van der Waals surface area contributed by atoms with E-state index in [0.29, 0.717) is 12.8 Å². The zero-order valence-electron chi connectivity index (χ0n) is 9.68. The van der Waals surface area contributed by atoms with Gasteiger partial charge in [-0.1, -0.05) is 12.1 Å². The van der Waals surface area contributed by atoms with Gasteiger partial charge in [0.2, 0.25) is 0 Å². The minimum Gasteiger partial charge on any atom is -0.392 e. The third-order valence-corrected chi connectivity index (χ3v) is 2.57. The van der Waals surface area contributed by atoms with Crippen molar-refractivity contribution in [2.24, 2.45) is 7.05 Å². The Kier molecular flexibility index (Phi) is 3.54. The topological polar surface area (TPSA) is 38.0 Å². The number of aliphatic hydroxyl groups is 1. The maximum atomic E-state index is 13.0. The maximum Gasteiger partial charge on any atom is 0.123 e. The monoisotopic (exact) mass is 234 g/mol. The van der Waals surface area contributed by atoms with Gasteiger partial charge in [-0.05, 0) is 30.2 Å². The van der Waals surface area contributed by atoms with E-state index >= 15 is 0 Å². The molecule has 0 spiro atoms. The first kappa shape index (κ1) is 11.8. The highest BCUT2D eigenvalue weighted by molar-refractivity contribution is 5.17. The minimum atomic E-state index is -0.535. The van der Waals surface area contributed by atoms with Crippen molar-refractivity contribution in [2.45, 2.75) is 18.9 Å². The summed E-state index contributed by atoms with van der Waals surface area (Å²) >= 11 is 0. The fourth-order valence-electron chi connectivity index (χ4n) is 1.82. The van der Waals surface area contributed by atoms with E-state index in [4.69, 9.17) is 0 Å². The Hall–Kier alpha value is -1.68. The van der Waals surface area contributed by atoms with E-state index in [0.717, 1.165) is 11.3 Å². The van der Waals surface area contributed by atoms with E-state index in [1.54, 1.807) is 10.7 Å². The van der Waals surface area contributed by atoms with Crippen LogP contribution in [0.15, 0.2) is 36.5 Å². The van der Waals surface area contributed by atoms with Crippen molar-refractivity contribution >= 4 is 0 Å². The predicted molar refractivity (Wildman–Crippen MR) is 63.0 cm³/mol. The second-order valence-electron chi connectivity index (χ2n) is 4.17. The number of rotatable bonds is 4. The third-order valence-electron chi connectivity index (χ3n) is 2.57. The lowest BCUT2D eigenvalue weighted by Crippen LogP contribution is -2.14. The molecule has 17 heavy (non-hydrogen) atoms. The molecule has 0 saturated heterocycles. The van der Waals surface area contributed by atoms with Gasteiger partial charge in [0.15, 0.2) is 0 Å². The molecule has 0 aliphatic carbocycles. The molecule has 1 atom stereocenters. The summed E-state index contributed by atoms with van der Waals surface area (Å²) in [6.45, 7) is 0. The first-order valence-electron chi connectivity index (χ1n) is 5.54. The van der Waals surface area contributed by atoms with Crippen LogP contribution >= 0.6 is 0 Å². The Morgan fingerprint density at radius 2 is 2.18 bits per heavy atom. The van der Waals surface area contributed by atoms with Gasteiger partial charge < -0.3 is 5.11 Å². The molecule has 3 nitrogen and oxygen atoms in total. The summed E-state index contributed by atoms with van der Waals surface area (Å²) in [6, 6.07) is 8.17. The number of halogens is 1. The summed E-state index contributed by atoms with van der Waals surface area (Å²) < 4.78 is 14.6. The summed E-state index contributed by atoms with van der Waals surface area (Å²) in [6.07, 6.45) is 2.22. The molecule has 0 radical (unpaired) electrons. The number of aryl methyl sites for hydroxylation is 1. The molecule has 0 amide bonds. The normalized spacial score (nSPS) is 12.6. The molecule has 0 aliphatic rings. The molecule has 4 heteroatoms. The van der Waals surface area contributed by atoms with Crippen molar-refractivity contribution in [3.8, 4) is 0 Å². The largest absolute Gasteiger partial charge is 0.392 e. The summed E-state index contributed by atoms with van der Waals surface area (Å²) in [7, 11) is 1.84. The van der Waals surface area contributed by atoms with Crippen molar-refractivity contribution in [1.82, 2.24) is 9.78 Å². The van der Waals surface area contributed by atoms with E-state index in [9.17, 15) is 9.50 Å². The van der Waals surface area contributed by atoms with Gasteiger partial charge in [-0.15, -0.1) is 0 Å². The number of aliphatic hydroxyl groups excluding tert-OH is 1. The van der Waals surface area contributed by atoms with E-state index in [1.807, 2.05) is 25.4 Å². The van der Waals surface area contributed by atoms with Gasteiger partial charge in [0.25, 0.3) is 0 Å². The second-order valence-corrected chi connectivity index (χ2v) is 4.17. The molecule has 1 aromatic carbocycles. The van der Waals surface area contributed by atoms with Crippen LogP contribution in [0.3, 0.4) is 0 Å². The lowest BCUT2D eigenvalue weighted by Gasteiger charge is -2.08. The summed E-state index contributed by atoms with van der Waals surface area (Å²) in [4.78, 5) is 0. The lowest BCUT2D eigenvalue weighted by molar-refractivity contribution is 0.174. The summed E-state index contributed by atoms with van der Waals surface area (Å²) in [5, 5.41) is 14.1. The van der Waals surface area contributed by atoms with E-state index in [2.05, 4.69) is 5.10 Å². The van der Waals surface area contributed by atoms with Crippen molar-refractivity contribution in [2.75, 3.05) is 0 Å². The third kappa shape index (κ3) is 3.39. The standard InChI is InChI=1S/C13H15FN2O/c1-16-6-5-12(15-16)9-13(17)8-10-3-2-4-11(14)7-10/h2-7,13,17H,8-9H2,1H3. The molecule has 0 fully saturated rings. The quantitative estimate of drug-likeness (QED) is 0.874. The van der Waals surface area contributed by atoms with Gasteiger partial charge in [0.1, 0.15) is 5.82 Å². The molecule has 2 aromatic rings. The Balaban J connectivity index is 1.95. The van der Waals surface area contributed by atoms with Crippen LogP contribution in [0.25, 0.3) is 0 Å².